The normalized spacial score (nSPS) is 11.2. The zero-order valence-electron chi connectivity index (χ0n) is 19.3. The molecule has 1 amide bonds. The summed E-state index contributed by atoms with van der Waals surface area (Å²) in [5, 5.41) is 7.26. The highest BCUT2D eigenvalue weighted by molar-refractivity contribution is 7.92. The predicted molar refractivity (Wildman–Crippen MR) is 137 cm³/mol. The van der Waals surface area contributed by atoms with Gasteiger partial charge < -0.3 is 10.1 Å². The number of hydrogen-bond acceptors (Lipinski definition) is 5. The third kappa shape index (κ3) is 6.41. The van der Waals surface area contributed by atoms with Crippen molar-refractivity contribution in [3.8, 4) is 11.4 Å². The summed E-state index contributed by atoms with van der Waals surface area (Å²) < 4.78 is 46.4. The van der Waals surface area contributed by atoms with Crippen LogP contribution in [0.5, 0.6) is 5.75 Å². The van der Waals surface area contributed by atoms with E-state index in [1.54, 1.807) is 24.4 Å². The molecule has 0 unspecified atom stereocenters. The van der Waals surface area contributed by atoms with Gasteiger partial charge in [0.1, 0.15) is 23.9 Å². The molecule has 11 heteroatoms. The third-order valence-electron chi connectivity index (χ3n) is 5.02. The Morgan fingerprint density at radius 1 is 1.11 bits per heavy atom. The molecule has 4 aromatic rings. The van der Waals surface area contributed by atoms with Gasteiger partial charge in [-0.1, -0.05) is 35.9 Å². The van der Waals surface area contributed by atoms with Crippen LogP contribution in [0.4, 0.5) is 15.8 Å². The number of hydrogen-bond donors (Lipinski definition) is 2. The predicted octanol–water partition coefficient (Wildman–Crippen LogP) is 5.18. The van der Waals surface area contributed by atoms with Crippen LogP contribution in [0.15, 0.2) is 73.1 Å². The molecule has 0 aliphatic rings. The fraction of sp³-hybridized carbons (Fsp3) is 0.120. The molecule has 0 aliphatic carbocycles. The Balaban J connectivity index is 1.54. The van der Waals surface area contributed by atoms with Gasteiger partial charge in [-0.05, 0) is 54.4 Å². The molecule has 36 heavy (non-hydrogen) atoms. The number of halogens is 2. The summed E-state index contributed by atoms with van der Waals surface area (Å²) in [5.74, 6) is -0.299. The average molecular weight is 529 g/mol. The lowest BCUT2D eigenvalue weighted by atomic mass is 10.2. The molecular formula is C25H22ClFN4O4S. The topological polar surface area (TPSA) is 102 Å². The molecule has 0 radical (unpaired) electrons. The second-order valence-electron chi connectivity index (χ2n) is 8.07. The first-order valence-electron chi connectivity index (χ1n) is 10.7. The number of carbonyl (C=O) groups excluding carboxylic acids is 1. The number of aromatic nitrogens is 2. The van der Waals surface area contributed by atoms with Crippen LogP contribution in [0.25, 0.3) is 5.69 Å². The number of amides is 1. The summed E-state index contributed by atoms with van der Waals surface area (Å²) in [7, 11) is -3.52. The Hall–Kier alpha value is -3.89. The van der Waals surface area contributed by atoms with E-state index in [9.17, 15) is 17.6 Å². The summed E-state index contributed by atoms with van der Waals surface area (Å²) in [6, 6.07) is 16.0. The van der Waals surface area contributed by atoms with Crippen molar-refractivity contribution in [3.05, 3.63) is 101 Å². The molecule has 186 valence electrons. The van der Waals surface area contributed by atoms with E-state index in [4.69, 9.17) is 16.3 Å². The highest BCUT2D eigenvalue weighted by atomic mass is 35.5. The molecule has 0 saturated carbocycles. The van der Waals surface area contributed by atoms with Gasteiger partial charge in [-0.15, -0.1) is 0 Å². The molecule has 2 N–H and O–H groups in total. The highest BCUT2D eigenvalue weighted by Gasteiger charge is 2.15. The number of para-hydroxylation sites is 1. The fourth-order valence-electron chi connectivity index (χ4n) is 3.53. The van der Waals surface area contributed by atoms with E-state index in [1.807, 2.05) is 19.1 Å². The molecule has 0 aliphatic heterocycles. The Labute approximate surface area is 212 Å². The van der Waals surface area contributed by atoms with Crippen molar-refractivity contribution in [2.45, 2.75) is 13.5 Å². The molecule has 1 heterocycles. The van der Waals surface area contributed by atoms with E-state index in [1.165, 1.54) is 41.2 Å². The van der Waals surface area contributed by atoms with Gasteiger partial charge in [-0.25, -0.2) is 17.5 Å². The number of carbonyl (C=O) groups is 1. The van der Waals surface area contributed by atoms with E-state index < -0.39 is 15.9 Å². The minimum atomic E-state index is -3.52. The van der Waals surface area contributed by atoms with Crippen molar-refractivity contribution in [2.24, 2.45) is 0 Å². The number of nitrogens with one attached hydrogen (secondary N) is 2. The molecule has 0 saturated heterocycles. The minimum Gasteiger partial charge on any atom is -0.487 e. The van der Waals surface area contributed by atoms with Crippen LogP contribution in [0.2, 0.25) is 5.02 Å². The molecule has 1 aromatic heterocycles. The largest absolute Gasteiger partial charge is 0.487 e. The lowest BCUT2D eigenvalue weighted by Gasteiger charge is -2.14. The van der Waals surface area contributed by atoms with E-state index in [2.05, 4.69) is 15.1 Å². The SMILES string of the molecule is Cc1cccc(OCc2cccc(F)c2)c1-n1cc(C(=O)Nc2cc(Cl)cc(NS(C)(=O)=O)c2)cn1. The van der Waals surface area contributed by atoms with Crippen molar-refractivity contribution in [1.82, 2.24) is 9.78 Å². The summed E-state index contributed by atoms with van der Waals surface area (Å²) in [6.45, 7) is 2.04. The standard InChI is InChI=1S/C25H22ClFN4O4S/c1-16-5-3-8-23(35-15-17-6-4-7-20(27)9-17)24(16)31-14-18(13-28-31)25(32)29-21-10-19(26)11-22(12-21)30-36(2,33)34/h3-14,30H,15H2,1-2H3,(H,29,32). The van der Waals surface area contributed by atoms with E-state index >= 15 is 0 Å². The van der Waals surface area contributed by atoms with Crippen LogP contribution in [-0.2, 0) is 16.6 Å². The van der Waals surface area contributed by atoms with Gasteiger partial charge in [0, 0.05) is 16.9 Å². The number of anilines is 2. The maximum atomic E-state index is 13.5. The summed E-state index contributed by atoms with van der Waals surface area (Å²) in [6.07, 6.45) is 3.97. The molecule has 0 fully saturated rings. The zero-order valence-corrected chi connectivity index (χ0v) is 20.9. The number of sulfonamides is 1. The van der Waals surface area contributed by atoms with Crippen LogP contribution in [-0.4, -0.2) is 30.4 Å². The fourth-order valence-corrected chi connectivity index (χ4v) is 4.31. The first-order chi connectivity index (χ1) is 17.1. The number of nitrogens with zero attached hydrogens (tertiary/aromatic N) is 2. The monoisotopic (exact) mass is 528 g/mol. The van der Waals surface area contributed by atoms with Crippen molar-refractivity contribution in [3.63, 3.8) is 0 Å². The Bertz CT molecular complexity index is 1540. The quantitative estimate of drug-likeness (QED) is 0.328. The van der Waals surface area contributed by atoms with Crippen LogP contribution in [0.3, 0.4) is 0 Å². The van der Waals surface area contributed by atoms with Crippen molar-refractivity contribution in [2.75, 3.05) is 16.3 Å². The second-order valence-corrected chi connectivity index (χ2v) is 10.3. The van der Waals surface area contributed by atoms with Gasteiger partial charge in [0.05, 0.1) is 23.7 Å². The first-order valence-corrected chi connectivity index (χ1v) is 13.0. The summed E-state index contributed by atoms with van der Waals surface area (Å²) in [4.78, 5) is 12.9. The molecule has 0 bridgehead atoms. The van der Waals surface area contributed by atoms with Gasteiger partial charge in [-0.2, -0.15) is 5.10 Å². The number of ether oxygens (including phenoxy) is 1. The lowest BCUT2D eigenvalue weighted by Crippen LogP contribution is -2.13. The van der Waals surface area contributed by atoms with Gasteiger partial charge in [0.15, 0.2) is 0 Å². The summed E-state index contributed by atoms with van der Waals surface area (Å²) in [5.41, 5.74) is 2.95. The Kier molecular flexibility index (Phi) is 7.27. The van der Waals surface area contributed by atoms with Crippen molar-refractivity contribution in [1.29, 1.82) is 0 Å². The molecule has 0 spiro atoms. The number of rotatable bonds is 8. The van der Waals surface area contributed by atoms with E-state index in [0.29, 0.717) is 22.7 Å². The van der Waals surface area contributed by atoms with Crippen molar-refractivity contribution >= 4 is 38.9 Å². The smallest absolute Gasteiger partial charge is 0.258 e. The van der Waals surface area contributed by atoms with Crippen LogP contribution >= 0.6 is 11.6 Å². The van der Waals surface area contributed by atoms with Gasteiger partial charge in [0.25, 0.3) is 5.91 Å². The van der Waals surface area contributed by atoms with Crippen LogP contribution in [0, 0.1) is 12.7 Å². The Morgan fingerprint density at radius 3 is 2.61 bits per heavy atom. The second kappa shape index (κ2) is 10.4. The average Bonchev–Trinajstić information content (AvgIpc) is 3.26. The third-order valence-corrected chi connectivity index (χ3v) is 5.84. The molecule has 8 nitrogen and oxygen atoms in total. The van der Waals surface area contributed by atoms with Gasteiger partial charge in [-0.3, -0.25) is 9.52 Å². The molecule has 4 rings (SSSR count). The van der Waals surface area contributed by atoms with Crippen LogP contribution < -0.4 is 14.8 Å². The Morgan fingerprint density at radius 2 is 1.86 bits per heavy atom. The van der Waals surface area contributed by atoms with Crippen molar-refractivity contribution < 1.29 is 22.3 Å². The zero-order chi connectivity index (χ0) is 25.9. The number of aryl methyl sites for hydroxylation is 1. The molecular weight excluding hydrogens is 507 g/mol. The van der Waals surface area contributed by atoms with Gasteiger partial charge >= 0.3 is 0 Å². The first kappa shape index (κ1) is 25.2. The van der Waals surface area contributed by atoms with E-state index in [0.717, 1.165) is 11.8 Å². The lowest BCUT2D eigenvalue weighted by molar-refractivity contribution is 0.102. The minimum absolute atomic E-state index is 0.154. The van der Waals surface area contributed by atoms with Crippen LogP contribution in [0.1, 0.15) is 21.5 Å². The van der Waals surface area contributed by atoms with E-state index in [-0.39, 0.29) is 28.7 Å². The maximum absolute atomic E-state index is 13.5. The highest BCUT2D eigenvalue weighted by Crippen LogP contribution is 2.28. The molecule has 0 atom stereocenters. The molecule has 3 aromatic carbocycles. The summed E-state index contributed by atoms with van der Waals surface area (Å²) >= 11 is 6.07. The number of benzene rings is 3. The maximum Gasteiger partial charge on any atom is 0.258 e. The van der Waals surface area contributed by atoms with Gasteiger partial charge in [0.2, 0.25) is 10.0 Å².